The summed E-state index contributed by atoms with van der Waals surface area (Å²) in [6, 6.07) is 0. The number of halogens is 4. The predicted molar refractivity (Wildman–Crippen MR) is 64.3 cm³/mol. The van der Waals surface area contributed by atoms with Gasteiger partial charge in [0.2, 0.25) is 0 Å². The average molecular weight is 1170 g/mol. The first kappa shape index (κ1) is 78.3. The molecule has 0 aromatic heterocycles. The van der Waals surface area contributed by atoms with Gasteiger partial charge < -0.3 is 0 Å². The second-order valence-corrected chi connectivity index (χ2v) is 0. The summed E-state index contributed by atoms with van der Waals surface area (Å²) in [6.45, 7) is 0. The van der Waals surface area contributed by atoms with Crippen LogP contribution in [0.3, 0.4) is 0 Å². The third-order valence-electron chi connectivity index (χ3n) is 0. The van der Waals surface area contributed by atoms with Gasteiger partial charge >= 0.3 is 0 Å². The van der Waals surface area contributed by atoms with Gasteiger partial charge in [0.05, 0.1) is 0 Å². The molecule has 0 saturated carbocycles. The molecule has 12 radical (unpaired) electrons. The van der Waals surface area contributed by atoms with Crippen LogP contribution < -0.4 is 0 Å². The molecule has 0 heterocycles. The largest absolute Gasteiger partial charge is 0.269 e. The summed E-state index contributed by atoms with van der Waals surface area (Å²) in [7, 11) is 0. The van der Waals surface area contributed by atoms with E-state index in [1.807, 2.05) is 0 Å². The molecule has 0 spiro atoms. The SMILES string of the molecule is Br.Cl.F.I.[Ba].[Ca].[Cs].[Eu].[Pb].[Sm].[Sr]. The van der Waals surface area contributed by atoms with E-state index in [0.717, 1.165) is 0 Å². The second kappa shape index (κ2) is 68.0. The van der Waals surface area contributed by atoms with Crippen molar-refractivity contribution in [2.75, 3.05) is 0 Å². The van der Waals surface area contributed by atoms with Crippen molar-refractivity contribution in [3.05, 3.63) is 0 Å². The van der Waals surface area contributed by atoms with Crippen molar-refractivity contribution in [3.8, 4) is 0 Å². The quantitative estimate of drug-likeness (QED) is 0.235. The Morgan fingerprint density at radius 2 is 1.00 bits per heavy atom. The van der Waals surface area contributed by atoms with E-state index in [4.69, 9.17) is 0 Å². The predicted octanol–water partition coefficient (Wildman–Crippen LogP) is -0.134. The summed E-state index contributed by atoms with van der Waals surface area (Å²) in [5.74, 6) is 0. The zero-order valence-corrected chi connectivity index (χ0v) is 36.2. The summed E-state index contributed by atoms with van der Waals surface area (Å²) >= 11 is 0. The third kappa shape index (κ3) is 61.6. The Balaban J connectivity index is 0. The molecule has 56 valence electrons. The van der Waals surface area contributed by atoms with Crippen molar-refractivity contribution < 1.29 is 94.5 Å². The molecule has 0 aliphatic rings. The van der Waals surface area contributed by atoms with E-state index in [2.05, 4.69) is 0 Å². The monoisotopic (exact) mass is 1180 g/mol. The van der Waals surface area contributed by atoms with Crippen molar-refractivity contribution in [2.45, 2.75) is 0 Å². The molecule has 0 nitrogen and oxygen atoms in total. The Bertz CT molecular complexity index is 38.1. The first-order valence-electron chi connectivity index (χ1n) is 0. The van der Waals surface area contributed by atoms with Crippen molar-refractivity contribution in [2.24, 2.45) is 0 Å². The molecule has 0 unspecified atom stereocenters. The molecule has 0 amide bonds. The third-order valence-corrected chi connectivity index (χ3v) is 0. The smallest absolute Gasteiger partial charge is 0 e. The molecule has 0 aliphatic heterocycles. The van der Waals surface area contributed by atoms with E-state index >= 15 is 0 Å². The fraction of sp³-hybridized carbons (Fsp3) is 0. The molecule has 0 rings (SSSR count). The maximum absolute atomic E-state index is 0. The number of rotatable bonds is 0. The minimum atomic E-state index is 0. The maximum Gasteiger partial charge on any atom is 0 e. The molecule has 0 atom stereocenters. The van der Waals surface area contributed by atoms with E-state index in [9.17, 15) is 0 Å². The van der Waals surface area contributed by atoms with Gasteiger partial charge in [0.1, 0.15) is 0 Å². The normalized spacial score (nSPS) is 0. The standard InChI is InChI=1S/Ba.BrH.Ca.ClH.Cs.Eu.FH.HI.Pb.Sm.Sr/h;1H;;1H;;;2*1H;;;. The fourth-order valence-corrected chi connectivity index (χ4v) is 0. The van der Waals surface area contributed by atoms with Crippen LogP contribution in [0, 0.1) is 89.8 Å². The van der Waals surface area contributed by atoms with Crippen molar-refractivity contribution in [1.82, 2.24) is 0 Å². The van der Waals surface area contributed by atoms with Gasteiger partial charge in [-0.15, -0.1) is 53.4 Å². The molecule has 0 saturated heterocycles. The van der Waals surface area contributed by atoms with Gasteiger partial charge in [0.15, 0.2) is 0 Å². The Morgan fingerprint density at radius 1 is 1.00 bits per heavy atom. The topological polar surface area (TPSA) is 0 Å². The summed E-state index contributed by atoms with van der Waals surface area (Å²) in [4.78, 5) is 0. The Kier molecular flexibility index (Phi) is 484. The molecule has 0 aromatic carbocycles. The van der Waals surface area contributed by atoms with E-state index < -0.39 is 0 Å². The average Bonchev–Trinajstić information content (AvgIpc) is 0. The minimum absolute atomic E-state index is 0. The molecule has 0 fully saturated rings. The van der Waals surface area contributed by atoms with E-state index in [0.29, 0.717) is 0 Å². The first-order chi connectivity index (χ1) is 0. The van der Waals surface area contributed by atoms with Crippen molar-refractivity contribution in [1.29, 1.82) is 0 Å². The molecule has 0 aromatic rings. The Labute approximate surface area is 361 Å². The van der Waals surface area contributed by atoms with Gasteiger partial charge in [-0.1, -0.05) is 0 Å². The van der Waals surface area contributed by atoms with Crippen LogP contribution in [0.1, 0.15) is 0 Å². The van der Waals surface area contributed by atoms with E-state index in [1.165, 1.54) is 0 Å². The van der Waals surface area contributed by atoms with Gasteiger partial charge in [-0.25, -0.2) is 0 Å². The van der Waals surface area contributed by atoms with Crippen LogP contribution in [-0.4, -0.2) is 228 Å². The van der Waals surface area contributed by atoms with Gasteiger partial charge in [-0.3, -0.25) is 4.70 Å². The molecule has 0 aliphatic carbocycles. The summed E-state index contributed by atoms with van der Waals surface area (Å²) in [6.07, 6.45) is 0. The Morgan fingerprint density at radius 3 is 1.00 bits per heavy atom. The van der Waals surface area contributed by atoms with Crippen LogP contribution in [0.25, 0.3) is 0 Å². The van der Waals surface area contributed by atoms with Crippen LogP contribution in [0.2, 0.25) is 0 Å². The molecule has 11 heteroatoms. The van der Waals surface area contributed by atoms with E-state index in [1.54, 1.807) is 0 Å². The maximum atomic E-state index is 0. The molecule has 0 bridgehead atoms. The summed E-state index contributed by atoms with van der Waals surface area (Å²) < 4.78 is 0. The zero-order valence-electron chi connectivity index (χ0n) is 6.04. The first-order valence-corrected chi connectivity index (χ1v) is 0. The Hall–Kier alpha value is 11.6. The number of hydrogen-bond donors (Lipinski definition) is 0. The summed E-state index contributed by atoms with van der Waals surface area (Å²) in [5, 5.41) is 0. The van der Waals surface area contributed by atoms with Gasteiger partial charge in [-0.2, -0.15) is 0 Å². The molecular formula is H4BaBrCaClCsEuFIPbSmSr. The summed E-state index contributed by atoms with van der Waals surface area (Å²) in [5.41, 5.74) is 0. The van der Waals surface area contributed by atoms with E-state index in [-0.39, 0.29) is 376 Å². The van der Waals surface area contributed by atoms with Gasteiger partial charge in [0.25, 0.3) is 0 Å². The van der Waals surface area contributed by atoms with Crippen LogP contribution in [0.4, 0.5) is 4.70 Å². The van der Waals surface area contributed by atoms with Crippen molar-refractivity contribution in [3.63, 3.8) is 0 Å². The van der Waals surface area contributed by atoms with Crippen LogP contribution >= 0.6 is 53.4 Å². The van der Waals surface area contributed by atoms with Crippen molar-refractivity contribution >= 4 is 282 Å². The van der Waals surface area contributed by atoms with Crippen LogP contribution in [0.5, 0.6) is 0 Å². The molecule has 0 N–H and O–H groups in total. The second-order valence-electron chi connectivity index (χ2n) is 0. The van der Waals surface area contributed by atoms with Gasteiger partial charge in [0, 0.05) is 318 Å². The fourth-order valence-electron chi connectivity index (χ4n) is 0. The zero-order chi connectivity index (χ0) is 0. The van der Waals surface area contributed by atoms with Crippen LogP contribution in [0.15, 0.2) is 0 Å². The van der Waals surface area contributed by atoms with Gasteiger partial charge in [-0.05, 0) is 0 Å². The minimum Gasteiger partial charge on any atom is -0.269 e. The number of hydrogen-bond acceptors (Lipinski definition) is 0. The van der Waals surface area contributed by atoms with Crippen LogP contribution in [-0.2, 0) is 0 Å². The molecule has 11 heavy (non-hydrogen) atoms. The molecular weight excluding hydrogens is 1170 g/mol.